The highest BCUT2D eigenvalue weighted by molar-refractivity contribution is 6.22. The number of amides is 1. The first kappa shape index (κ1) is 26.3. The standard InChI is InChI=1S/C29H32N2O6/c1-29(2)15-25(32)22(26(33)16-29)11-13-30-14-12-24(27(34)35)31-28(36)37-17-23-20-9-5-3-7-18(20)19-8-4-6-10-21(19)23/h3-11,23-24,30H,12-17H2,1-2H3,(H,31,36)(H,34,35). The molecule has 0 radical (unpaired) electrons. The maximum absolute atomic E-state index is 12.5. The summed E-state index contributed by atoms with van der Waals surface area (Å²) in [5.74, 6) is -1.62. The quantitative estimate of drug-likeness (QED) is 0.269. The average molecular weight is 505 g/mol. The third-order valence-electron chi connectivity index (χ3n) is 6.87. The van der Waals surface area contributed by atoms with E-state index in [0.29, 0.717) is 12.8 Å². The zero-order valence-corrected chi connectivity index (χ0v) is 21.1. The number of carbonyl (C=O) groups excluding carboxylic acids is 3. The predicted octanol–water partition coefficient (Wildman–Crippen LogP) is 3.84. The molecule has 8 nitrogen and oxygen atoms in total. The SMILES string of the molecule is CC1(C)CC(=O)C(=CCNCCC(NC(=O)OCC2c3ccccc3-c3ccccc32)C(=O)O)C(=O)C1. The van der Waals surface area contributed by atoms with Crippen LogP contribution in [0.5, 0.6) is 0 Å². The predicted molar refractivity (Wildman–Crippen MR) is 138 cm³/mol. The highest BCUT2D eigenvalue weighted by Crippen LogP contribution is 2.44. The molecular formula is C29H32N2O6. The fraction of sp³-hybridized carbons (Fsp3) is 0.379. The summed E-state index contributed by atoms with van der Waals surface area (Å²) in [5, 5.41) is 15.0. The smallest absolute Gasteiger partial charge is 0.407 e. The minimum atomic E-state index is -1.17. The number of carbonyl (C=O) groups is 4. The molecule has 1 atom stereocenters. The number of nitrogens with one attached hydrogen (secondary N) is 2. The van der Waals surface area contributed by atoms with Crippen LogP contribution in [0.1, 0.15) is 50.2 Å². The molecule has 3 N–H and O–H groups in total. The van der Waals surface area contributed by atoms with Gasteiger partial charge >= 0.3 is 12.1 Å². The summed E-state index contributed by atoms with van der Waals surface area (Å²) in [6.07, 6.45) is 1.54. The topological polar surface area (TPSA) is 122 Å². The molecule has 194 valence electrons. The van der Waals surface area contributed by atoms with E-state index in [-0.39, 0.29) is 54.6 Å². The van der Waals surface area contributed by atoms with Crippen LogP contribution in [-0.2, 0) is 19.1 Å². The van der Waals surface area contributed by atoms with Gasteiger partial charge in [-0.3, -0.25) is 9.59 Å². The van der Waals surface area contributed by atoms with Crippen molar-refractivity contribution in [2.75, 3.05) is 19.7 Å². The maximum atomic E-state index is 12.5. The Morgan fingerprint density at radius 2 is 1.59 bits per heavy atom. The van der Waals surface area contributed by atoms with Crippen molar-refractivity contribution in [1.29, 1.82) is 0 Å². The summed E-state index contributed by atoms with van der Waals surface area (Å²) in [5.41, 5.74) is 4.25. The number of Topliss-reactive ketones (excluding diaryl/α,β-unsaturated/α-hetero) is 2. The Balaban J connectivity index is 1.26. The second-order valence-electron chi connectivity index (χ2n) is 10.3. The number of benzene rings is 2. The summed E-state index contributed by atoms with van der Waals surface area (Å²) >= 11 is 0. The van der Waals surface area contributed by atoms with Crippen LogP contribution in [0.15, 0.2) is 60.2 Å². The van der Waals surface area contributed by atoms with Crippen molar-refractivity contribution in [2.24, 2.45) is 5.41 Å². The van der Waals surface area contributed by atoms with E-state index in [1.54, 1.807) is 6.08 Å². The summed E-state index contributed by atoms with van der Waals surface area (Å²) in [6.45, 7) is 4.40. The van der Waals surface area contributed by atoms with Crippen LogP contribution in [0, 0.1) is 5.41 Å². The lowest BCUT2D eigenvalue weighted by Gasteiger charge is -2.28. The molecule has 0 aromatic heterocycles. The van der Waals surface area contributed by atoms with Crippen molar-refractivity contribution in [3.8, 4) is 11.1 Å². The van der Waals surface area contributed by atoms with Gasteiger partial charge in [-0.25, -0.2) is 9.59 Å². The number of ketones is 2. The summed E-state index contributed by atoms with van der Waals surface area (Å²) in [6, 6.07) is 14.8. The van der Waals surface area contributed by atoms with Crippen LogP contribution >= 0.6 is 0 Å². The number of rotatable bonds is 9. The zero-order valence-electron chi connectivity index (χ0n) is 21.1. The molecule has 2 aromatic carbocycles. The Bertz CT molecular complexity index is 1180. The van der Waals surface area contributed by atoms with E-state index in [1.807, 2.05) is 62.4 Å². The second-order valence-corrected chi connectivity index (χ2v) is 10.3. The number of allylic oxidation sites excluding steroid dienone is 1. The van der Waals surface area contributed by atoms with Gasteiger partial charge in [0.15, 0.2) is 11.6 Å². The largest absolute Gasteiger partial charge is 0.480 e. The van der Waals surface area contributed by atoms with Crippen LogP contribution in [-0.4, -0.2) is 54.5 Å². The van der Waals surface area contributed by atoms with Gasteiger partial charge in [0.25, 0.3) is 0 Å². The molecule has 0 saturated heterocycles. The van der Waals surface area contributed by atoms with Crippen molar-refractivity contribution in [2.45, 2.75) is 45.1 Å². The van der Waals surface area contributed by atoms with Crippen LogP contribution < -0.4 is 10.6 Å². The molecule has 0 heterocycles. The number of carboxylic acids is 1. The molecule has 1 saturated carbocycles. The maximum Gasteiger partial charge on any atom is 0.407 e. The molecule has 4 rings (SSSR count). The summed E-state index contributed by atoms with van der Waals surface area (Å²) < 4.78 is 5.45. The zero-order chi connectivity index (χ0) is 26.6. The Morgan fingerprint density at radius 1 is 1.03 bits per heavy atom. The fourth-order valence-corrected chi connectivity index (χ4v) is 5.07. The summed E-state index contributed by atoms with van der Waals surface area (Å²) in [4.78, 5) is 48.6. The number of alkyl carbamates (subject to hydrolysis) is 1. The highest BCUT2D eigenvalue weighted by atomic mass is 16.5. The van der Waals surface area contributed by atoms with Gasteiger partial charge in [0.05, 0.1) is 5.57 Å². The normalized spacial score (nSPS) is 17.1. The molecule has 1 amide bonds. The number of carboxylic acid groups (broad SMARTS) is 1. The molecule has 0 spiro atoms. The van der Waals surface area contributed by atoms with Gasteiger partial charge in [-0.15, -0.1) is 0 Å². The molecule has 8 heteroatoms. The molecule has 2 aliphatic carbocycles. The molecule has 0 aliphatic heterocycles. The van der Waals surface area contributed by atoms with Gasteiger partial charge in [0, 0.05) is 25.3 Å². The van der Waals surface area contributed by atoms with E-state index >= 15 is 0 Å². The van der Waals surface area contributed by atoms with E-state index in [1.165, 1.54) is 0 Å². The molecular weight excluding hydrogens is 472 g/mol. The first-order chi connectivity index (χ1) is 17.7. The monoisotopic (exact) mass is 504 g/mol. The lowest BCUT2D eigenvalue weighted by molar-refractivity contribution is -0.139. The first-order valence-electron chi connectivity index (χ1n) is 12.5. The Morgan fingerprint density at radius 3 is 2.16 bits per heavy atom. The van der Waals surface area contributed by atoms with Crippen molar-refractivity contribution in [3.05, 3.63) is 71.3 Å². The van der Waals surface area contributed by atoms with E-state index in [9.17, 15) is 24.3 Å². The van der Waals surface area contributed by atoms with Gasteiger partial charge in [-0.05, 0) is 40.6 Å². The Hall–Kier alpha value is -3.78. The highest BCUT2D eigenvalue weighted by Gasteiger charge is 2.35. The average Bonchev–Trinajstić information content (AvgIpc) is 3.16. The van der Waals surface area contributed by atoms with Crippen molar-refractivity contribution in [3.63, 3.8) is 0 Å². The van der Waals surface area contributed by atoms with Crippen LogP contribution in [0.25, 0.3) is 11.1 Å². The Kier molecular flexibility index (Phi) is 7.88. The Labute approximate surface area is 216 Å². The van der Waals surface area contributed by atoms with E-state index in [4.69, 9.17) is 4.74 Å². The molecule has 2 aliphatic rings. The third-order valence-corrected chi connectivity index (χ3v) is 6.87. The summed E-state index contributed by atoms with van der Waals surface area (Å²) in [7, 11) is 0. The van der Waals surface area contributed by atoms with Crippen molar-refractivity contribution in [1.82, 2.24) is 10.6 Å². The number of hydrogen-bond acceptors (Lipinski definition) is 6. The number of hydrogen-bond donors (Lipinski definition) is 3. The van der Waals surface area contributed by atoms with Gasteiger partial charge in [-0.1, -0.05) is 68.5 Å². The van der Waals surface area contributed by atoms with Crippen LogP contribution in [0.4, 0.5) is 4.79 Å². The van der Waals surface area contributed by atoms with Crippen LogP contribution in [0.3, 0.4) is 0 Å². The lowest BCUT2D eigenvalue weighted by Crippen LogP contribution is -2.43. The minimum absolute atomic E-state index is 0.0941. The van der Waals surface area contributed by atoms with Gasteiger partial charge in [0.2, 0.25) is 0 Å². The molecule has 1 fully saturated rings. The molecule has 0 bridgehead atoms. The van der Waals surface area contributed by atoms with E-state index in [2.05, 4.69) is 10.6 Å². The lowest BCUT2D eigenvalue weighted by atomic mass is 9.74. The van der Waals surface area contributed by atoms with E-state index in [0.717, 1.165) is 22.3 Å². The molecule has 37 heavy (non-hydrogen) atoms. The van der Waals surface area contributed by atoms with Gasteiger partial charge in [0.1, 0.15) is 12.6 Å². The molecule has 1 unspecified atom stereocenters. The van der Waals surface area contributed by atoms with Crippen LogP contribution in [0.2, 0.25) is 0 Å². The van der Waals surface area contributed by atoms with Gasteiger partial charge in [-0.2, -0.15) is 0 Å². The molecule has 2 aromatic rings. The van der Waals surface area contributed by atoms with Gasteiger partial charge < -0.3 is 20.5 Å². The minimum Gasteiger partial charge on any atom is -0.480 e. The number of ether oxygens (including phenoxy) is 1. The number of fused-ring (bicyclic) bond motifs is 3. The fourth-order valence-electron chi connectivity index (χ4n) is 5.07. The van der Waals surface area contributed by atoms with E-state index < -0.39 is 18.1 Å². The third kappa shape index (κ3) is 6.14. The second kappa shape index (κ2) is 11.1. The first-order valence-corrected chi connectivity index (χ1v) is 12.5. The van der Waals surface area contributed by atoms with Crippen molar-refractivity contribution < 1.29 is 29.0 Å². The number of aliphatic carboxylic acids is 1. The van der Waals surface area contributed by atoms with Crippen molar-refractivity contribution >= 4 is 23.6 Å².